The fourth-order valence-corrected chi connectivity index (χ4v) is 6.84. The Morgan fingerprint density at radius 1 is 1.03 bits per heavy atom. The van der Waals surface area contributed by atoms with Crippen LogP contribution in [0.25, 0.3) is 22.0 Å². The highest BCUT2D eigenvalue weighted by atomic mass is 32.3. The normalized spacial score (nSPS) is 11.9. The van der Waals surface area contributed by atoms with Crippen LogP contribution in [0.2, 0.25) is 0 Å². The maximum absolute atomic E-state index is 12.9. The molecule has 0 spiro atoms. The zero-order valence-corrected chi connectivity index (χ0v) is 22.4. The Hall–Kier alpha value is -4.10. The molecular weight excluding hydrogens is 534 g/mol. The molecule has 0 amide bonds. The standard InChI is InChI=1S/C25H25N3O8S2/c1-4-35-25(30)21-13-19-20(14-28(2)24(29)23(19)26-21)18-12-16(27-38(33,34)15-37(3,31)32)10-11-22(18)36-17-8-6-5-7-9-17/h5-14,26-27H,4,15H2,1-3H3. The number of hydrogen-bond donors (Lipinski definition) is 2. The first kappa shape index (κ1) is 26.9. The summed E-state index contributed by atoms with van der Waals surface area (Å²) >= 11 is 0. The van der Waals surface area contributed by atoms with Gasteiger partial charge in [0.05, 0.1) is 6.61 Å². The number of aromatic nitrogens is 2. The van der Waals surface area contributed by atoms with Gasteiger partial charge in [0.2, 0.25) is 10.0 Å². The Balaban J connectivity index is 1.92. The van der Waals surface area contributed by atoms with E-state index in [2.05, 4.69) is 9.71 Å². The largest absolute Gasteiger partial charge is 0.461 e. The molecule has 0 radical (unpaired) electrons. The Labute approximate surface area is 219 Å². The third-order valence-electron chi connectivity index (χ3n) is 5.34. The van der Waals surface area contributed by atoms with Crippen molar-refractivity contribution in [1.29, 1.82) is 0 Å². The minimum atomic E-state index is -4.24. The number of aromatic amines is 1. The summed E-state index contributed by atoms with van der Waals surface area (Å²) in [7, 11) is -6.52. The van der Waals surface area contributed by atoms with E-state index < -0.39 is 36.5 Å². The molecule has 200 valence electrons. The summed E-state index contributed by atoms with van der Waals surface area (Å²) in [6, 6.07) is 14.8. The number of esters is 1. The molecule has 0 fully saturated rings. The molecule has 0 aliphatic rings. The van der Waals surface area contributed by atoms with Gasteiger partial charge in [-0.05, 0) is 43.3 Å². The number of carbonyl (C=O) groups is 1. The number of nitrogens with one attached hydrogen (secondary N) is 2. The molecule has 0 aliphatic heterocycles. The van der Waals surface area contributed by atoms with Crippen LogP contribution in [-0.4, -0.2) is 50.3 Å². The number of aryl methyl sites for hydroxylation is 1. The number of hydrogen-bond acceptors (Lipinski definition) is 8. The molecule has 11 nitrogen and oxygen atoms in total. The summed E-state index contributed by atoms with van der Waals surface area (Å²) in [5.74, 6) is 0.183. The lowest BCUT2D eigenvalue weighted by Gasteiger charge is -2.16. The van der Waals surface area contributed by atoms with Crippen molar-refractivity contribution in [3.8, 4) is 22.6 Å². The van der Waals surface area contributed by atoms with Crippen LogP contribution in [0, 0.1) is 0 Å². The van der Waals surface area contributed by atoms with E-state index >= 15 is 0 Å². The first-order valence-corrected chi connectivity index (χ1v) is 15.0. The SMILES string of the molecule is CCOC(=O)c1cc2c(-c3cc(NS(=O)(=O)CS(C)(=O)=O)ccc3Oc3ccccc3)cn(C)c(=O)c2[nH]1. The number of sulfonamides is 1. The van der Waals surface area contributed by atoms with Gasteiger partial charge in [-0.2, -0.15) is 0 Å². The van der Waals surface area contributed by atoms with Crippen molar-refractivity contribution in [2.45, 2.75) is 6.92 Å². The van der Waals surface area contributed by atoms with E-state index in [1.54, 1.807) is 31.2 Å². The number of nitrogens with zero attached hydrogens (tertiary/aromatic N) is 1. The van der Waals surface area contributed by atoms with Crippen molar-refractivity contribution in [1.82, 2.24) is 9.55 Å². The summed E-state index contributed by atoms with van der Waals surface area (Å²) in [5, 5.41) is -0.715. The highest BCUT2D eigenvalue weighted by Crippen LogP contribution is 2.39. The molecule has 0 unspecified atom stereocenters. The Kier molecular flexibility index (Phi) is 7.33. The predicted octanol–water partition coefficient (Wildman–Crippen LogP) is 3.25. The lowest BCUT2D eigenvalue weighted by atomic mass is 10.0. The number of para-hydroxylation sites is 1. The third kappa shape index (κ3) is 6.06. The van der Waals surface area contributed by atoms with Crippen LogP contribution in [0.15, 0.2) is 65.6 Å². The van der Waals surface area contributed by atoms with Crippen molar-refractivity contribution in [3.63, 3.8) is 0 Å². The van der Waals surface area contributed by atoms with Crippen molar-refractivity contribution in [3.05, 3.63) is 76.8 Å². The number of benzene rings is 2. The van der Waals surface area contributed by atoms with Gasteiger partial charge in [-0.3, -0.25) is 9.52 Å². The molecular formula is C25H25N3O8S2. The van der Waals surface area contributed by atoms with Crippen molar-refractivity contribution in [2.75, 3.05) is 22.7 Å². The van der Waals surface area contributed by atoms with E-state index in [9.17, 15) is 26.4 Å². The molecule has 0 aliphatic carbocycles. The summed E-state index contributed by atoms with van der Waals surface area (Å²) in [6.07, 6.45) is 2.36. The molecule has 2 aromatic heterocycles. The number of rotatable bonds is 9. The summed E-state index contributed by atoms with van der Waals surface area (Å²) in [6.45, 7) is 1.80. The van der Waals surface area contributed by atoms with Crippen LogP contribution < -0.4 is 15.0 Å². The number of pyridine rings is 1. The molecule has 0 atom stereocenters. The van der Waals surface area contributed by atoms with Gasteiger partial charge in [-0.15, -0.1) is 0 Å². The highest BCUT2D eigenvalue weighted by molar-refractivity contribution is 8.08. The second-order valence-electron chi connectivity index (χ2n) is 8.54. The second kappa shape index (κ2) is 10.3. The second-order valence-corrected chi connectivity index (χ2v) is 12.8. The molecule has 0 bridgehead atoms. The smallest absolute Gasteiger partial charge is 0.354 e. The van der Waals surface area contributed by atoms with Crippen LogP contribution >= 0.6 is 0 Å². The first-order valence-electron chi connectivity index (χ1n) is 11.3. The molecule has 4 rings (SSSR count). The van der Waals surface area contributed by atoms with E-state index in [4.69, 9.17) is 9.47 Å². The van der Waals surface area contributed by atoms with Crippen molar-refractivity contribution < 1.29 is 31.1 Å². The average Bonchev–Trinajstić information content (AvgIpc) is 3.28. The number of fused-ring (bicyclic) bond motifs is 1. The summed E-state index contributed by atoms with van der Waals surface area (Å²) < 4.78 is 62.8. The van der Waals surface area contributed by atoms with E-state index in [-0.39, 0.29) is 23.5 Å². The van der Waals surface area contributed by atoms with E-state index in [0.29, 0.717) is 28.0 Å². The van der Waals surface area contributed by atoms with Crippen LogP contribution in [0.4, 0.5) is 5.69 Å². The Bertz CT molecular complexity index is 1790. The molecule has 38 heavy (non-hydrogen) atoms. The van der Waals surface area contributed by atoms with Gasteiger partial charge < -0.3 is 19.0 Å². The van der Waals surface area contributed by atoms with Crippen LogP contribution in [0.5, 0.6) is 11.5 Å². The summed E-state index contributed by atoms with van der Waals surface area (Å²) in [4.78, 5) is 28.1. The maximum atomic E-state index is 12.9. The van der Waals surface area contributed by atoms with E-state index in [1.807, 2.05) is 6.07 Å². The highest BCUT2D eigenvalue weighted by Gasteiger charge is 2.22. The number of carbonyl (C=O) groups excluding carboxylic acids is 1. The maximum Gasteiger partial charge on any atom is 0.354 e. The van der Waals surface area contributed by atoms with Crippen LogP contribution in [0.3, 0.4) is 0 Å². The van der Waals surface area contributed by atoms with Gasteiger partial charge in [0.1, 0.15) is 22.7 Å². The Morgan fingerprint density at radius 2 is 1.74 bits per heavy atom. The molecule has 0 saturated carbocycles. The van der Waals surface area contributed by atoms with Gasteiger partial charge in [0.25, 0.3) is 5.56 Å². The van der Waals surface area contributed by atoms with Gasteiger partial charge >= 0.3 is 5.97 Å². The van der Waals surface area contributed by atoms with Crippen LogP contribution in [0.1, 0.15) is 17.4 Å². The molecule has 4 aromatic rings. The third-order valence-corrected chi connectivity index (χ3v) is 8.84. The fourth-order valence-electron chi connectivity index (χ4n) is 3.87. The fraction of sp³-hybridized carbons (Fsp3) is 0.200. The monoisotopic (exact) mass is 559 g/mol. The molecule has 0 saturated heterocycles. The van der Waals surface area contributed by atoms with Crippen molar-refractivity contribution >= 4 is 42.4 Å². The van der Waals surface area contributed by atoms with Gasteiger partial charge in [-0.25, -0.2) is 21.6 Å². The molecule has 2 N–H and O–H groups in total. The van der Waals surface area contributed by atoms with E-state index in [0.717, 1.165) is 6.26 Å². The first-order chi connectivity index (χ1) is 17.9. The zero-order chi connectivity index (χ0) is 27.7. The van der Waals surface area contributed by atoms with Gasteiger partial charge in [0, 0.05) is 41.7 Å². The lowest BCUT2D eigenvalue weighted by molar-refractivity contribution is 0.0520. The topological polar surface area (TPSA) is 154 Å². The number of sulfone groups is 1. The van der Waals surface area contributed by atoms with Crippen LogP contribution in [-0.2, 0) is 31.6 Å². The summed E-state index contributed by atoms with van der Waals surface area (Å²) in [5.41, 5.74) is 0.721. The molecule has 2 aromatic carbocycles. The molecule has 13 heteroatoms. The quantitative estimate of drug-likeness (QED) is 0.296. The zero-order valence-electron chi connectivity index (χ0n) is 20.7. The molecule has 2 heterocycles. The van der Waals surface area contributed by atoms with E-state index in [1.165, 1.54) is 42.1 Å². The van der Waals surface area contributed by atoms with Crippen molar-refractivity contribution in [2.24, 2.45) is 7.05 Å². The van der Waals surface area contributed by atoms with Gasteiger partial charge in [-0.1, -0.05) is 18.2 Å². The minimum Gasteiger partial charge on any atom is -0.461 e. The number of ether oxygens (including phenoxy) is 2. The average molecular weight is 560 g/mol. The number of anilines is 1. The minimum absolute atomic E-state index is 0.0712. The lowest BCUT2D eigenvalue weighted by Crippen LogP contribution is -2.22. The Morgan fingerprint density at radius 3 is 2.39 bits per heavy atom. The van der Waals surface area contributed by atoms with Gasteiger partial charge in [0.15, 0.2) is 14.9 Å². The number of H-pyrrole nitrogens is 1. The predicted molar refractivity (Wildman–Crippen MR) is 144 cm³/mol.